The molecule has 0 heterocycles. The number of methoxy groups -OCH3 is 1. The minimum Gasteiger partial charge on any atom is -0.375 e. The molecule has 0 aromatic heterocycles. The fraction of sp³-hybridized carbons (Fsp3) is 0.188. The van der Waals surface area contributed by atoms with Crippen LogP contribution >= 0.6 is 0 Å². The Labute approximate surface area is 125 Å². The SMILES string of the molecule is CO[C@H](CNC(=O)c1ccc(F)cc1F)c1cccc(F)c1. The van der Waals surface area contributed by atoms with Crippen molar-refractivity contribution in [3.8, 4) is 0 Å². The van der Waals surface area contributed by atoms with Crippen molar-refractivity contribution >= 4 is 5.91 Å². The van der Waals surface area contributed by atoms with Gasteiger partial charge in [-0.3, -0.25) is 4.79 Å². The summed E-state index contributed by atoms with van der Waals surface area (Å²) in [6.45, 7) is 0.0234. The van der Waals surface area contributed by atoms with Gasteiger partial charge in [0.25, 0.3) is 5.91 Å². The third-order valence-electron chi connectivity index (χ3n) is 3.13. The van der Waals surface area contributed by atoms with Gasteiger partial charge in [0, 0.05) is 19.7 Å². The molecule has 3 nitrogen and oxygen atoms in total. The highest BCUT2D eigenvalue weighted by Gasteiger charge is 2.16. The first-order valence-corrected chi connectivity index (χ1v) is 6.52. The van der Waals surface area contributed by atoms with Crippen molar-refractivity contribution in [1.82, 2.24) is 5.32 Å². The van der Waals surface area contributed by atoms with Gasteiger partial charge in [0.2, 0.25) is 0 Å². The molecule has 0 spiro atoms. The van der Waals surface area contributed by atoms with Crippen molar-refractivity contribution in [1.29, 1.82) is 0 Å². The van der Waals surface area contributed by atoms with E-state index < -0.39 is 29.5 Å². The number of hydrogen-bond donors (Lipinski definition) is 1. The number of amides is 1. The number of ether oxygens (including phenoxy) is 1. The third-order valence-corrected chi connectivity index (χ3v) is 3.13. The molecule has 2 rings (SSSR count). The van der Waals surface area contributed by atoms with E-state index in [0.29, 0.717) is 11.6 Å². The first kappa shape index (κ1) is 16.0. The lowest BCUT2D eigenvalue weighted by Crippen LogP contribution is -2.29. The summed E-state index contributed by atoms with van der Waals surface area (Å²) in [5, 5.41) is 2.48. The molecule has 2 aromatic rings. The Balaban J connectivity index is 2.05. The number of rotatable bonds is 5. The van der Waals surface area contributed by atoms with E-state index in [1.165, 1.54) is 25.3 Å². The monoisotopic (exact) mass is 309 g/mol. The summed E-state index contributed by atoms with van der Waals surface area (Å²) in [6.07, 6.45) is -0.580. The molecule has 0 saturated heterocycles. The molecule has 1 amide bonds. The number of carbonyl (C=O) groups excluding carboxylic acids is 1. The Kier molecular flexibility index (Phi) is 5.16. The van der Waals surface area contributed by atoms with Gasteiger partial charge in [-0.25, -0.2) is 13.2 Å². The highest BCUT2D eigenvalue weighted by Crippen LogP contribution is 2.17. The van der Waals surface area contributed by atoms with Crippen LogP contribution in [0.4, 0.5) is 13.2 Å². The lowest BCUT2D eigenvalue weighted by Gasteiger charge is -2.16. The average molecular weight is 309 g/mol. The van der Waals surface area contributed by atoms with E-state index in [0.717, 1.165) is 12.1 Å². The van der Waals surface area contributed by atoms with Gasteiger partial charge in [0.1, 0.15) is 17.5 Å². The van der Waals surface area contributed by atoms with Crippen molar-refractivity contribution < 1.29 is 22.7 Å². The first-order chi connectivity index (χ1) is 10.5. The van der Waals surface area contributed by atoms with E-state index in [1.54, 1.807) is 6.07 Å². The van der Waals surface area contributed by atoms with Crippen LogP contribution in [0.15, 0.2) is 42.5 Å². The highest BCUT2D eigenvalue weighted by molar-refractivity contribution is 5.94. The molecule has 2 aromatic carbocycles. The minimum absolute atomic E-state index is 0.0234. The summed E-state index contributed by atoms with van der Waals surface area (Å²) in [4.78, 5) is 11.9. The second-order valence-corrected chi connectivity index (χ2v) is 4.61. The van der Waals surface area contributed by atoms with Gasteiger partial charge in [0.05, 0.1) is 11.7 Å². The van der Waals surface area contributed by atoms with Gasteiger partial charge < -0.3 is 10.1 Å². The standard InChI is InChI=1S/C16H14F3NO2/c1-22-15(10-3-2-4-11(17)7-10)9-20-16(21)13-6-5-12(18)8-14(13)19/h2-8,15H,9H2,1H3,(H,20,21)/t15-/m1/s1. The van der Waals surface area contributed by atoms with Crippen LogP contribution in [0.3, 0.4) is 0 Å². The fourth-order valence-electron chi connectivity index (χ4n) is 2.00. The Bertz CT molecular complexity index is 676. The summed E-state index contributed by atoms with van der Waals surface area (Å²) < 4.78 is 44.7. The maximum Gasteiger partial charge on any atom is 0.254 e. The quantitative estimate of drug-likeness (QED) is 0.921. The normalized spacial score (nSPS) is 12.0. The molecule has 0 bridgehead atoms. The molecule has 0 fully saturated rings. The number of benzene rings is 2. The number of hydrogen-bond acceptors (Lipinski definition) is 2. The number of nitrogens with one attached hydrogen (secondary N) is 1. The maximum absolute atomic E-state index is 13.5. The van der Waals surface area contributed by atoms with Crippen LogP contribution in [0.5, 0.6) is 0 Å². The number of carbonyl (C=O) groups is 1. The lowest BCUT2D eigenvalue weighted by atomic mass is 10.1. The van der Waals surface area contributed by atoms with Crippen molar-refractivity contribution in [3.05, 3.63) is 71.0 Å². The van der Waals surface area contributed by atoms with E-state index >= 15 is 0 Å². The van der Waals surface area contributed by atoms with Gasteiger partial charge in [-0.2, -0.15) is 0 Å². The van der Waals surface area contributed by atoms with Crippen LogP contribution in [0.25, 0.3) is 0 Å². The van der Waals surface area contributed by atoms with Gasteiger partial charge in [-0.15, -0.1) is 0 Å². The van der Waals surface area contributed by atoms with Crippen molar-refractivity contribution in [3.63, 3.8) is 0 Å². The zero-order chi connectivity index (χ0) is 16.1. The molecule has 0 unspecified atom stereocenters. The molecule has 1 N–H and O–H groups in total. The molecule has 0 saturated carbocycles. The maximum atomic E-state index is 13.5. The Morgan fingerprint density at radius 1 is 1.14 bits per heavy atom. The first-order valence-electron chi connectivity index (χ1n) is 6.52. The molecule has 116 valence electrons. The molecule has 22 heavy (non-hydrogen) atoms. The van der Waals surface area contributed by atoms with Gasteiger partial charge in [0.15, 0.2) is 0 Å². The van der Waals surface area contributed by atoms with Gasteiger partial charge in [-0.05, 0) is 29.8 Å². The Hall–Kier alpha value is -2.34. The summed E-state index contributed by atoms with van der Waals surface area (Å²) in [6, 6.07) is 8.46. The Morgan fingerprint density at radius 3 is 2.50 bits per heavy atom. The van der Waals surface area contributed by atoms with Crippen LogP contribution in [0, 0.1) is 17.5 Å². The summed E-state index contributed by atoms with van der Waals surface area (Å²) in [5.41, 5.74) is 0.276. The highest BCUT2D eigenvalue weighted by atomic mass is 19.1. The second-order valence-electron chi connectivity index (χ2n) is 4.61. The van der Waals surface area contributed by atoms with E-state index in [-0.39, 0.29) is 12.1 Å². The predicted octanol–water partition coefficient (Wildman–Crippen LogP) is 3.22. The average Bonchev–Trinajstić information content (AvgIpc) is 2.47. The van der Waals surface area contributed by atoms with Gasteiger partial charge in [-0.1, -0.05) is 12.1 Å². The second kappa shape index (κ2) is 7.09. The van der Waals surface area contributed by atoms with Crippen LogP contribution in [-0.2, 0) is 4.74 Å². The Morgan fingerprint density at radius 2 is 1.86 bits per heavy atom. The predicted molar refractivity (Wildman–Crippen MR) is 74.8 cm³/mol. The van der Waals surface area contributed by atoms with E-state index in [2.05, 4.69) is 5.32 Å². The third kappa shape index (κ3) is 3.85. The van der Waals surface area contributed by atoms with Crippen LogP contribution in [0.2, 0.25) is 0 Å². The molecule has 1 atom stereocenters. The van der Waals surface area contributed by atoms with Crippen molar-refractivity contribution in [2.75, 3.05) is 13.7 Å². The number of halogens is 3. The zero-order valence-corrected chi connectivity index (χ0v) is 11.8. The van der Waals surface area contributed by atoms with E-state index in [9.17, 15) is 18.0 Å². The molecular weight excluding hydrogens is 295 g/mol. The van der Waals surface area contributed by atoms with Crippen LogP contribution in [0.1, 0.15) is 22.0 Å². The molecular formula is C16H14F3NO2. The van der Waals surface area contributed by atoms with Crippen molar-refractivity contribution in [2.24, 2.45) is 0 Å². The summed E-state index contributed by atoms with van der Waals surface area (Å²) in [5.74, 6) is -2.83. The summed E-state index contributed by atoms with van der Waals surface area (Å²) in [7, 11) is 1.42. The van der Waals surface area contributed by atoms with E-state index in [4.69, 9.17) is 4.74 Å². The summed E-state index contributed by atoms with van der Waals surface area (Å²) >= 11 is 0. The van der Waals surface area contributed by atoms with Crippen molar-refractivity contribution in [2.45, 2.75) is 6.10 Å². The zero-order valence-electron chi connectivity index (χ0n) is 11.8. The van der Waals surface area contributed by atoms with E-state index in [1.807, 2.05) is 0 Å². The molecule has 0 aliphatic carbocycles. The lowest BCUT2D eigenvalue weighted by molar-refractivity contribution is 0.0824. The molecule has 6 heteroatoms. The van der Waals surface area contributed by atoms with Crippen LogP contribution < -0.4 is 5.32 Å². The molecule has 0 radical (unpaired) electrons. The topological polar surface area (TPSA) is 38.3 Å². The fourth-order valence-corrected chi connectivity index (χ4v) is 2.00. The molecule has 0 aliphatic heterocycles. The minimum atomic E-state index is -0.947. The van der Waals surface area contributed by atoms with Gasteiger partial charge >= 0.3 is 0 Å². The van der Waals surface area contributed by atoms with Crippen LogP contribution in [-0.4, -0.2) is 19.6 Å². The molecule has 0 aliphatic rings. The smallest absolute Gasteiger partial charge is 0.254 e. The largest absolute Gasteiger partial charge is 0.375 e.